The van der Waals surface area contributed by atoms with Crippen molar-refractivity contribution in [3.63, 3.8) is 0 Å². The van der Waals surface area contributed by atoms with Crippen molar-refractivity contribution in [3.05, 3.63) is 212 Å². The second kappa shape index (κ2) is 21.0. The Balaban J connectivity index is 0.000000485. The molecule has 0 fully saturated rings. The second-order valence-electron chi connectivity index (χ2n) is 9.93. The van der Waals surface area contributed by atoms with E-state index in [0.29, 0.717) is 0 Å². The topological polar surface area (TPSA) is 0 Å². The van der Waals surface area contributed by atoms with Gasteiger partial charge in [-0.15, -0.1) is 60.7 Å². The van der Waals surface area contributed by atoms with Gasteiger partial charge in [-0.2, -0.15) is 123 Å². The summed E-state index contributed by atoms with van der Waals surface area (Å²) < 4.78 is 0. The third-order valence-corrected chi connectivity index (χ3v) is 5.60. The Labute approximate surface area is 267 Å². The Hall–Kier alpha value is -3.81. The monoisotopic (exact) mass is 706 g/mol. The standard InChI is InChI=1S/5C8H9.Ta/c5*1-7-3-5-8(2)6-4-7;/h5*3-6H,1H2,2H3;/q5*-1;+5. The number of hydrogen-bond acceptors (Lipinski definition) is 0. The van der Waals surface area contributed by atoms with Crippen LogP contribution in [-0.2, 0) is 22.4 Å². The molecule has 0 unspecified atom stereocenters. The third-order valence-electron chi connectivity index (χ3n) is 5.60. The summed E-state index contributed by atoms with van der Waals surface area (Å²) in [4.78, 5) is 0. The summed E-state index contributed by atoms with van der Waals surface area (Å²) >= 11 is 0. The molecule has 0 aromatic heterocycles. The summed E-state index contributed by atoms with van der Waals surface area (Å²) in [5, 5.41) is 0. The molecule has 0 heterocycles. The van der Waals surface area contributed by atoms with Gasteiger partial charge < -0.3 is 0 Å². The summed E-state index contributed by atoms with van der Waals surface area (Å²) in [6, 6.07) is 40.7. The minimum atomic E-state index is 0. The molecule has 0 nitrogen and oxygen atoms in total. The van der Waals surface area contributed by atoms with Gasteiger partial charge in [0.25, 0.3) is 0 Å². The number of hydrogen-bond donors (Lipinski definition) is 0. The van der Waals surface area contributed by atoms with Crippen LogP contribution in [0.2, 0.25) is 0 Å². The molecule has 210 valence electrons. The van der Waals surface area contributed by atoms with Crippen molar-refractivity contribution >= 4 is 0 Å². The van der Waals surface area contributed by atoms with E-state index in [1.54, 1.807) is 0 Å². The van der Waals surface area contributed by atoms with Crippen LogP contribution in [0.1, 0.15) is 55.6 Å². The average molecular weight is 707 g/mol. The fourth-order valence-electron chi connectivity index (χ4n) is 2.94. The predicted molar refractivity (Wildman–Crippen MR) is 178 cm³/mol. The van der Waals surface area contributed by atoms with Gasteiger partial charge in [-0.25, -0.2) is 0 Å². The van der Waals surface area contributed by atoms with Crippen LogP contribution in [-0.4, -0.2) is 0 Å². The molecule has 1 heteroatoms. The Kier molecular flexibility index (Phi) is 19.1. The van der Waals surface area contributed by atoms with E-state index in [4.69, 9.17) is 0 Å². The van der Waals surface area contributed by atoms with E-state index >= 15 is 0 Å². The van der Waals surface area contributed by atoms with E-state index in [1.807, 2.05) is 60.7 Å². The van der Waals surface area contributed by atoms with Crippen molar-refractivity contribution in [1.82, 2.24) is 0 Å². The summed E-state index contributed by atoms with van der Waals surface area (Å²) in [5.74, 6) is 0. The first kappa shape index (κ1) is 37.2. The van der Waals surface area contributed by atoms with Crippen LogP contribution in [0.25, 0.3) is 0 Å². The molecule has 0 atom stereocenters. The van der Waals surface area contributed by atoms with Crippen LogP contribution in [0.15, 0.2) is 121 Å². The Morgan fingerprint density at radius 2 is 0.341 bits per heavy atom. The normalized spacial score (nSPS) is 8.90. The maximum atomic E-state index is 3.76. The molecule has 5 aromatic rings. The van der Waals surface area contributed by atoms with Crippen LogP contribution in [0, 0.1) is 69.2 Å². The van der Waals surface area contributed by atoms with E-state index in [9.17, 15) is 0 Å². The zero-order chi connectivity index (χ0) is 29.9. The van der Waals surface area contributed by atoms with Gasteiger partial charge in [0.1, 0.15) is 0 Å². The van der Waals surface area contributed by atoms with Gasteiger partial charge in [0, 0.05) is 0 Å². The molecule has 0 N–H and O–H groups in total. The van der Waals surface area contributed by atoms with Crippen molar-refractivity contribution in [2.45, 2.75) is 34.6 Å². The van der Waals surface area contributed by atoms with Gasteiger partial charge in [-0.3, -0.25) is 0 Å². The molecular weight excluding hydrogens is 661 g/mol. The maximum absolute atomic E-state index is 3.76. The minimum Gasteiger partial charge on any atom is -0.199 e. The fraction of sp³-hybridized carbons (Fsp3) is 0.125. The van der Waals surface area contributed by atoms with Gasteiger partial charge in [0.05, 0.1) is 0 Å². The molecule has 0 aliphatic heterocycles. The molecule has 0 spiro atoms. The molecule has 0 saturated carbocycles. The second-order valence-corrected chi connectivity index (χ2v) is 9.93. The smallest absolute Gasteiger partial charge is 0.199 e. The first-order chi connectivity index (χ1) is 18.9. The molecule has 0 radical (unpaired) electrons. The van der Waals surface area contributed by atoms with Gasteiger partial charge in [0.15, 0.2) is 0 Å². The number of benzene rings is 5. The molecular formula is C40H45Ta. The van der Waals surface area contributed by atoms with Crippen LogP contribution in [0.5, 0.6) is 0 Å². The molecule has 41 heavy (non-hydrogen) atoms. The van der Waals surface area contributed by atoms with Gasteiger partial charge in [-0.1, -0.05) is 27.8 Å². The summed E-state index contributed by atoms with van der Waals surface area (Å²) in [6.07, 6.45) is 0. The molecule has 0 aliphatic rings. The van der Waals surface area contributed by atoms with Crippen LogP contribution in [0.3, 0.4) is 0 Å². The third kappa shape index (κ3) is 19.8. The molecule has 5 rings (SSSR count). The van der Waals surface area contributed by atoms with Gasteiger partial charge >= 0.3 is 22.4 Å². The summed E-state index contributed by atoms with van der Waals surface area (Å²) in [7, 11) is 0. The van der Waals surface area contributed by atoms with Crippen molar-refractivity contribution in [2.75, 3.05) is 0 Å². The molecule has 0 bridgehead atoms. The first-order valence-corrected chi connectivity index (χ1v) is 13.4. The van der Waals surface area contributed by atoms with E-state index < -0.39 is 0 Å². The average Bonchev–Trinajstić information content (AvgIpc) is 2.94. The van der Waals surface area contributed by atoms with Crippen LogP contribution < -0.4 is 0 Å². The SMILES string of the molecule is [CH2-]c1ccc(C)cc1.[CH2-]c1ccc(C)cc1.[CH2-]c1ccc(C)cc1.[CH2-]c1ccc(C)cc1.[CH2-]c1ccc(C)cc1.[Ta+5]. The van der Waals surface area contributed by atoms with Crippen LogP contribution in [0.4, 0.5) is 0 Å². The zero-order valence-electron chi connectivity index (χ0n) is 25.5. The van der Waals surface area contributed by atoms with E-state index in [2.05, 4.69) is 130 Å². The molecule has 5 aromatic carbocycles. The van der Waals surface area contributed by atoms with Gasteiger partial charge in [-0.05, 0) is 34.6 Å². The van der Waals surface area contributed by atoms with Crippen molar-refractivity contribution < 1.29 is 22.4 Å². The summed E-state index contributed by atoms with van der Waals surface area (Å²) in [5.41, 5.74) is 11.8. The minimum absolute atomic E-state index is 0. The van der Waals surface area contributed by atoms with Crippen LogP contribution >= 0.6 is 0 Å². The Morgan fingerprint density at radius 1 is 0.244 bits per heavy atom. The molecule has 0 saturated heterocycles. The largest absolute Gasteiger partial charge is 5.00 e. The molecule has 0 aliphatic carbocycles. The summed E-state index contributed by atoms with van der Waals surface area (Å²) in [6.45, 7) is 29.2. The van der Waals surface area contributed by atoms with E-state index in [0.717, 1.165) is 27.8 Å². The molecule has 0 amide bonds. The van der Waals surface area contributed by atoms with E-state index in [1.165, 1.54) is 27.8 Å². The van der Waals surface area contributed by atoms with Gasteiger partial charge in [0.2, 0.25) is 0 Å². The van der Waals surface area contributed by atoms with Crippen molar-refractivity contribution in [1.29, 1.82) is 0 Å². The zero-order valence-corrected chi connectivity index (χ0v) is 28.7. The Bertz CT molecular complexity index is 954. The Morgan fingerprint density at radius 3 is 0.415 bits per heavy atom. The number of aryl methyl sites for hydroxylation is 5. The first-order valence-electron chi connectivity index (χ1n) is 13.4. The predicted octanol–water partition coefficient (Wildman–Crippen LogP) is 10.9. The quantitative estimate of drug-likeness (QED) is 0.141. The van der Waals surface area contributed by atoms with Crippen molar-refractivity contribution in [2.24, 2.45) is 0 Å². The maximum Gasteiger partial charge on any atom is 5.00 e. The fourth-order valence-corrected chi connectivity index (χ4v) is 2.94. The number of rotatable bonds is 0. The van der Waals surface area contributed by atoms with Crippen molar-refractivity contribution in [3.8, 4) is 0 Å². The van der Waals surface area contributed by atoms with E-state index in [-0.39, 0.29) is 22.4 Å².